The van der Waals surface area contributed by atoms with Crippen molar-refractivity contribution < 1.29 is 0 Å². The predicted octanol–water partition coefficient (Wildman–Crippen LogP) is 3.97. The Balaban J connectivity index is 2.10. The highest BCUT2D eigenvalue weighted by Gasteiger charge is 2.46. The molecule has 0 bridgehead atoms. The fourth-order valence-corrected chi connectivity index (χ4v) is 2.92. The van der Waals surface area contributed by atoms with Crippen molar-refractivity contribution in [3.05, 3.63) is 34.3 Å². The smallest absolute Gasteiger partial charge is 0.0440 e. The van der Waals surface area contributed by atoms with Crippen LogP contribution >= 0.6 is 11.6 Å². The van der Waals surface area contributed by atoms with Crippen LogP contribution in [0.1, 0.15) is 37.8 Å². The minimum absolute atomic E-state index is 0.453. The van der Waals surface area contributed by atoms with Crippen molar-refractivity contribution in [1.82, 2.24) is 5.32 Å². The van der Waals surface area contributed by atoms with Crippen LogP contribution in [-0.2, 0) is 6.42 Å². The van der Waals surface area contributed by atoms with E-state index in [4.69, 9.17) is 11.6 Å². The Morgan fingerprint density at radius 3 is 2.65 bits per heavy atom. The summed E-state index contributed by atoms with van der Waals surface area (Å²) >= 11 is 6.32. The van der Waals surface area contributed by atoms with Gasteiger partial charge in [0.25, 0.3) is 0 Å². The molecule has 0 aliphatic heterocycles. The maximum Gasteiger partial charge on any atom is 0.0440 e. The van der Waals surface area contributed by atoms with Gasteiger partial charge in [-0.05, 0) is 62.3 Å². The molecule has 0 saturated heterocycles. The first-order chi connectivity index (χ1) is 8.07. The molecule has 94 valence electrons. The third kappa shape index (κ3) is 2.83. The average Bonchev–Trinajstić information content (AvgIpc) is 3.04. The van der Waals surface area contributed by atoms with E-state index in [9.17, 15) is 0 Å². The first-order valence-electron chi connectivity index (χ1n) is 6.56. The standard InChI is InChI=1S/C15H22ClN/c1-4-17-12(3)15(7-8-15)10-13-6-5-11(2)9-14(13)16/h5-6,9,12,17H,4,7-8,10H2,1-3H3. The van der Waals surface area contributed by atoms with E-state index >= 15 is 0 Å². The molecule has 1 nitrogen and oxygen atoms in total. The molecule has 0 radical (unpaired) electrons. The maximum atomic E-state index is 6.32. The van der Waals surface area contributed by atoms with Crippen molar-refractivity contribution >= 4 is 11.6 Å². The summed E-state index contributed by atoms with van der Waals surface area (Å²) in [4.78, 5) is 0. The Kier molecular flexibility index (Phi) is 3.79. The van der Waals surface area contributed by atoms with Crippen LogP contribution in [0.5, 0.6) is 0 Å². The van der Waals surface area contributed by atoms with E-state index in [0.29, 0.717) is 11.5 Å². The second-order valence-electron chi connectivity index (χ2n) is 5.41. The summed E-state index contributed by atoms with van der Waals surface area (Å²) in [5, 5.41) is 4.49. The SMILES string of the molecule is CCNC(C)C1(Cc2ccc(C)cc2Cl)CC1. The molecule has 1 unspecified atom stereocenters. The lowest BCUT2D eigenvalue weighted by atomic mass is 9.89. The summed E-state index contributed by atoms with van der Waals surface area (Å²) < 4.78 is 0. The fraction of sp³-hybridized carbons (Fsp3) is 0.600. The van der Waals surface area contributed by atoms with Crippen molar-refractivity contribution in [1.29, 1.82) is 0 Å². The minimum atomic E-state index is 0.453. The van der Waals surface area contributed by atoms with E-state index in [1.165, 1.54) is 24.0 Å². The third-order valence-electron chi connectivity index (χ3n) is 4.07. The molecule has 17 heavy (non-hydrogen) atoms. The highest BCUT2D eigenvalue weighted by atomic mass is 35.5. The second-order valence-corrected chi connectivity index (χ2v) is 5.82. The van der Waals surface area contributed by atoms with Crippen LogP contribution in [-0.4, -0.2) is 12.6 Å². The molecule has 0 aromatic heterocycles. The minimum Gasteiger partial charge on any atom is -0.314 e. The molecule has 0 amide bonds. The Labute approximate surface area is 110 Å². The van der Waals surface area contributed by atoms with Crippen LogP contribution in [0.2, 0.25) is 5.02 Å². The average molecular weight is 252 g/mol. The van der Waals surface area contributed by atoms with Crippen LogP contribution in [0, 0.1) is 12.3 Å². The summed E-state index contributed by atoms with van der Waals surface area (Å²) in [6.45, 7) is 7.61. The van der Waals surface area contributed by atoms with Gasteiger partial charge < -0.3 is 5.32 Å². The van der Waals surface area contributed by atoms with Crippen molar-refractivity contribution in [2.75, 3.05) is 6.54 Å². The Morgan fingerprint density at radius 1 is 1.41 bits per heavy atom. The van der Waals surface area contributed by atoms with Gasteiger partial charge in [0.1, 0.15) is 0 Å². The highest BCUT2D eigenvalue weighted by molar-refractivity contribution is 6.31. The first kappa shape index (κ1) is 12.9. The number of benzene rings is 1. The first-order valence-corrected chi connectivity index (χ1v) is 6.93. The molecule has 0 spiro atoms. The van der Waals surface area contributed by atoms with Gasteiger partial charge in [0.2, 0.25) is 0 Å². The largest absolute Gasteiger partial charge is 0.314 e. The van der Waals surface area contributed by atoms with Crippen molar-refractivity contribution in [3.63, 3.8) is 0 Å². The summed E-state index contributed by atoms with van der Waals surface area (Å²) in [7, 11) is 0. The molecule has 0 heterocycles. The van der Waals surface area contributed by atoms with Crippen LogP contribution in [0.25, 0.3) is 0 Å². The summed E-state index contributed by atoms with van der Waals surface area (Å²) in [5.41, 5.74) is 3.00. The topological polar surface area (TPSA) is 12.0 Å². The maximum absolute atomic E-state index is 6.32. The number of rotatable bonds is 5. The lowest BCUT2D eigenvalue weighted by Crippen LogP contribution is -2.36. The van der Waals surface area contributed by atoms with Gasteiger partial charge in [0.15, 0.2) is 0 Å². The van der Waals surface area contributed by atoms with Gasteiger partial charge in [-0.25, -0.2) is 0 Å². The third-order valence-corrected chi connectivity index (χ3v) is 4.42. The molecule has 2 rings (SSSR count). The summed E-state index contributed by atoms with van der Waals surface area (Å²) in [6.07, 6.45) is 3.76. The second kappa shape index (κ2) is 4.99. The van der Waals surface area contributed by atoms with Crippen molar-refractivity contribution in [3.8, 4) is 0 Å². The number of halogens is 1. The van der Waals surface area contributed by atoms with E-state index in [2.05, 4.69) is 44.3 Å². The lowest BCUT2D eigenvalue weighted by Gasteiger charge is -2.24. The molecule has 1 saturated carbocycles. The molecule has 1 aliphatic carbocycles. The van der Waals surface area contributed by atoms with E-state index < -0.39 is 0 Å². The van der Waals surface area contributed by atoms with Gasteiger partial charge in [0.05, 0.1) is 0 Å². The van der Waals surface area contributed by atoms with E-state index in [0.717, 1.165) is 18.0 Å². The Morgan fingerprint density at radius 2 is 2.12 bits per heavy atom. The number of hydrogen-bond donors (Lipinski definition) is 1. The van der Waals surface area contributed by atoms with Crippen LogP contribution in [0.4, 0.5) is 0 Å². The predicted molar refractivity (Wildman–Crippen MR) is 74.7 cm³/mol. The molecular weight excluding hydrogens is 230 g/mol. The zero-order chi connectivity index (χ0) is 12.5. The van der Waals surface area contributed by atoms with E-state index in [-0.39, 0.29) is 0 Å². The quantitative estimate of drug-likeness (QED) is 0.835. The van der Waals surface area contributed by atoms with Crippen LogP contribution < -0.4 is 5.32 Å². The molecule has 1 aliphatic rings. The van der Waals surface area contributed by atoms with Gasteiger partial charge in [0, 0.05) is 11.1 Å². The molecule has 2 heteroatoms. The summed E-state index contributed by atoms with van der Waals surface area (Å²) in [6, 6.07) is 7.01. The highest BCUT2D eigenvalue weighted by Crippen LogP contribution is 2.51. The monoisotopic (exact) mass is 251 g/mol. The van der Waals surface area contributed by atoms with Crippen LogP contribution in [0.3, 0.4) is 0 Å². The molecular formula is C15H22ClN. The zero-order valence-electron chi connectivity index (χ0n) is 11.0. The van der Waals surface area contributed by atoms with Gasteiger partial charge in [-0.3, -0.25) is 0 Å². The van der Waals surface area contributed by atoms with Gasteiger partial charge in [-0.15, -0.1) is 0 Å². The van der Waals surface area contributed by atoms with Gasteiger partial charge in [-0.1, -0.05) is 30.7 Å². The molecule has 1 N–H and O–H groups in total. The van der Waals surface area contributed by atoms with Gasteiger partial charge in [-0.2, -0.15) is 0 Å². The zero-order valence-corrected chi connectivity index (χ0v) is 11.8. The number of aryl methyl sites for hydroxylation is 1. The van der Waals surface area contributed by atoms with Crippen molar-refractivity contribution in [2.45, 2.75) is 46.1 Å². The van der Waals surface area contributed by atoms with E-state index in [1.807, 2.05) is 0 Å². The summed E-state index contributed by atoms with van der Waals surface area (Å²) in [5.74, 6) is 0. The number of hydrogen-bond acceptors (Lipinski definition) is 1. The molecule has 1 aromatic carbocycles. The lowest BCUT2D eigenvalue weighted by molar-refractivity contribution is 0.355. The molecule has 1 aromatic rings. The Bertz CT molecular complexity index is 396. The molecule has 1 fully saturated rings. The van der Waals surface area contributed by atoms with E-state index in [1.54, 1.807) is 0 Å². The van der Waals surface area contributed by atoms with Crippen molar-refractivity contribution in [2.24, 2.45) is 5.41 Å². The fourth-order valence-electron chi connectivity index (χ4n) is 2.62. The molecule has 1 atom stereocenters. The van der Waals surface area contributed by atoms with Crippen LogP contribution in [0.15, 0.2) is 18.2 Å². The van der Waals surface area contributed by atoms with Gasteiger partial charge >= 0.3 is 0 Å². The number of nitrogens with one attached hydrogen (secondary N) is 1. The Hall–Kier alpha value is -0.530. The normalized spacial score (nSPS) is 19.1.